The van der Waals surface area contributed by atoms with Crippen LogP contribution >= 0.6 is 11.3 Å². The van der Waals surface area contributed by atoms with Crippen LogP contribution in [0.4, 0.5) is 0 Å². The zero-order valence-electron chi connectivity index (χ0n) is 10.0. The van der Waals surface area contributed by atoms with Gasteiger partial charge in [-0.05, 0) is 19.4 Å². The van der Waals surface area contributed by atoms with Gasteiger partial charge in [0.1, 0.15) is 0 Å². The molecular weight excluding hydrogens is 242 g/mol. The highest BCUT2D eigenvalue weighted by molar-refractivity contribution is 7.15. The maximum atomic E-state index is 5.63. The lowest BCUT2D eigenvalue weighted by atomic mass is 10.1. The Morgan fingerprint density at radius 2 is 2.06 bits per heavy atom. The van der Waals surface area contributed by atoms with E-state index in [0.717, 1.165) is 23.5 Å². The van der Waals surface area contributed by atoms with Crippen LogP contribution in [-0.4, -0.2) is 15.9 Å². The number of rotatable bonds is 4. The molecule has 4 heteroatoms. The normalized spacial score (nSPS) is 11.2. The monoisotopic (exact) mass is 257 g/mol. The molecule has 0 amide bonds. The molecule has 0 fully saturated rings. The fraction of sp³-hybridized carbons (Fsp3) is 0.214. The quantitative estimate of drug-likeness (QED) is 0.781. The Bertz CT molecular complexity index is 639. The first kappa shape index (κ1) is 11.4. The van der Waals surface area contributed by atoms with Crippen molar-refractivity contribution in [3.63, 3.8) is 0 Å². The third-order valence-electron chi connectivity index (χ3n) is 3.03. The number of benzene rings is 1. The number of fused-ring (bicyclic) bond motifs is 1. The summed E-state index contributed by atoms with van der Waals surface area (Å²) in [5.41, 5.74) is 9.17. The first-order valence-electron chi connectivity index (χ1n) is 6.10. The number of aryl methyl sites for hydroxylation is 1. The van der Waals surface area contributed by atoms with Crippen molar-refractivity contribution in [2.45, 2.75) is 12.8 Å². The molecule has 0 saturated heterocycles. The van der Waals surface area contributed by atoms with Gasteiger partial charge in [0, 0.05) is 17.1 Å². The third kappa shape index (κ3) is 1.94. The highest BCUT2D eigenvalue weighted by atomic mass is 32.1. The second-order valence-electron chi connectivity index (χ2n) is 4.22. The van der Waals surface area contributed by atoms with Gasteiger partial charge in [-0.15, -0.1) is 11.3 Å². The van der Waals surface area contributed by atoms with Crippen molar-refractivity contribution in [1.29, 1.82) is 0 Å². The average molecular weight is 257 g/mol. The van der Waals surface area contributed by atoms with E-state index in [1.54, 1.807) is 11.3 Å². The number of thiazole rings is 1. The second-order valence-corrected chi connectivity index (χ2v) is 5.09. The van der Waals surface area contributed by atoms with Crippen LogP contribution < -0.4 is 5.73 Å². The van der Waals surface area contributed by atoms with E-state index >= 15 is 0 Å². The van der Waals surface area contributed by atoms with Gasteiger partial charge in [-0.25, -0.2) is 4.98 Å². The highest BCUT2D eigenvalue weighted by Gasteiger charge is 2.13. The lowest BCUT2D eigenvalue weighted by Gasteiger charge is -2.03. The van der Waals surface area contributed by atoms with Crippen molar-refractivity contribution in [2.24, 2.45) is 5.73 Å². The standard InChI is InChI=1S/C14H15N3S/c15-8-4-7-12-13(11-5-2-1-3-6-11)16-14-17(12)9-10-18-14/h1-3,5-6,9-10H,4,7-8,15H2. The first-order chi connectivity index (χ1) is 8.90. The van der Waals surface area contributed by atoms with Crippen molar-refractivity contribution < 1.29 is 0 Å². The summed E-state index contributed by atoms with van der Waals surface area (Å²) < 4.78 is 2.18. The molecule has 0 aliphatic carbocycles. The average Bonchev–Trinajstić information content (AvgIpc) is 2.98. The van der Waals surface area contributed by atoms with E-state index in [1.165, 1.54) is 11.3 Å². The van der Waals surface area contributed by atoms with Gasteiger partial charge in [-0.2, -0.15) is 0 Å². The Hall–Kier alpha value is -1.65. The molecule has 2 heterocycles. The van der Waals surface area contributed by atoms with Crippen molar-refractivity contribution in [3.05, 3.63) is 47.6 Å². The van der Waals surface area contributed by atoms with E-state index < -0.39 is 0 Å². The zero-order valence-corrected chi connectivity index (χ0v) is 10.9. The van der Waals surface area contributed by atoms with Crippen LogP contribution in [0.5, 0.6) is 0 Å². The van der Waals surface area contributed by atoms with Gasteiger partial charge in [-0.1, -0.05) is 30.3 Å². The molecule has 0 radical (unpaired) electrons. The second kappa shape index (κ2) is 4.92. The summed E-state index contributed by atoms with van der Waals surface area (Å²) in [5, 5.41) is 2.07. The van der Waals surface area contributed by atoms with Gasteiger partial charge < -0.3 is 5.73 Å². The number of imidazole rings is 1. The minimum atomic E-state index is 0.714. The summed E-state index contributed by atoms with van der Waals surface area (Å²) >= 11 is 1.67. The van der Waals surface area contributed by atoms with Crippen LogP contribution in [0.1, 0.15) is 12.1 Å². The molecule has 0 spiro atoms. The maximum absolute atomic E-state index is 5.63. The van der Waals surface area contributed by atoms with E-state index in [2.05, 4.69) is 40.2 Å². The van der Waals surface area contributed by atoms with Crippen LogP contribution in [0, 0.1) is 0 Å². The molecule has 18 heavy (non-hydrogen) atoms. The van der Waals surface area contributed by atoms with Crippen molar-refractivity contribution in [1.82, 2.24) is 9.38 Å². The smallest absolute Gasteiger partial charge is 0.194 e. The summed E-state index contributed by atoms with van der Waals surface area (Å²) in [6.45, 7) is 0.714. The lowest BCUT2D eigenvalue weighted by Crippen LogP contribution is -2.02. The number of hydrogen-bond donors (Lipinski definition) is 1. The van der Waals surface area contributed by atoms with Crippen molar-refractivity contribution >= 4 is 16.3 Å². The molecule has 3 rings (SSSR count). The molecule has 1 aromatic carbocycles. The molecule has 0 bridgehead atoms. The Labute approximate surface area is 110 Å². The molecule has 3 nitrogen and oxygen atoms in total. The minimum absolute atomic E-state index is 0.714. The summed E-state index contributed by atoms with van der Waals surface area (Å²) in [6.07, 6.45) is 4.05. The van der Waals surface area contributed by atoms with Crippen LogP contribution in [0.15, 0.2) is 41.9 Å². The van der Waals surface area contributed by atoms with Crippen LogP contribution in [0.25, 0.3) is 16.2 Å². The number of aromatic nitrogens is 2. The van der Waals surface area contributed by atoms with Gasteiger partial charge >= 0.3 is 0 Å². The molecule has 2 aromatic heterocycles. The molecule has 0 unspecified atom stereocenters. The molecule has 0 aliphatic rings. The SMILES string of the molecule is NCCCc1c(-c2ccccc2)nc2sccn12. The minimum Gasteiger partial charge on any atom is -0.330 e. The topological polar surface area (TPSA) is 43.3 Å². The van der Waals surface area contributed by atoms with E-state index in [1.807, 2.05) is 6.07 Å². The van der Waals surface area contributed by atoms with Gasteiger partial charge in [0.25, 0.3) is 0 Å². The fourth-order valence-corrected chi connectivity index (χ4v) is 2.90. The van der Waals surface area contributed by atoms with Gasteiger partial charge in [0.05, 0.1) is 11.4 Å². The number of hydrogen-bond acceptors (Lipinski definition) is 3. The maximum Gasteiger partial charge on any atom is 0.194 e. The molecule has 0 aliphatic heterocycles. The molecule has 0 atom stereocenters. The molecule has 3 aromatic rings. The third-order valence-corrected chi connectivity index (χ3v) is 3.78. The molecule has 2 N–H and O–H groups in total. The molecule has 92 valence electrons. The summed E-state index contributed by atoms with van der Waals surface area (Å²) in [5.74, 6) is 0. The Morgan fingerprint density at radius 3 is 2.83 bits per heavy atom. The Morgan fingerprint density at radius 1 is 1.22 bits per heavy atom. The van der Waals surface area contributed by atoms with Crippen molar-refractivity contribution in [2.75, 3.05) is 6.54 Å². The fourth-order valence-electron chi connectivity index (χ4n) is 2.17. The summed E-state index contributed by atoms with van der Waals surface area (Å²) in [6, 6.07) is 10.4. The first-order valence-corrected chi connectivity index (χ1v) is 6.98. The van der Waals surface area contributed by atoms with Gasteiger partial charge in [0.15, 0.2) is 4.96 Å². The molecular formula is C14H15N3S. The van der Waals surface area contributed by atoms with Crippen molar-refractivity contribution in [3.8, 4) is 11.3 Å². The van der Waals surface area contributed by atoms with Crippen LogP contribution in [0.2, 0.25) is 0 Å². The molecule has 0 saturated carbocycles. The zero-order chi connectivity index (χ0) is 12.4. The Balaban J connectivity index is 2.12. The van der Waals surface area contributed by atoms with E-state index in [4.69, 9.17) is 10.7 Å². The largest absolute Gasteiger partial charge is 0.330 e. The summed E-state index contributed by atoms with van der Waals surface area (Å²) in [7, 11) is 0. The van der Waals surface area contributed by atoms with E-state index in [-0.39, 0.29) is 0 Å². The van der Waals surface area contributed by atoms with Gasteiger partial charge in [0.2, 0.25) is 0 Å². The highest BCUT2D eigenvalue weighted by Crippen LogP contribution is 2.27. The van der Waals surface area contributed by atoms with Crippen LogP contribution in [0.3, 0.4) is 0 Å². The predicted octanol–water partition coefficient (Wildman–Crippen LogP) is 2.95. The number of nitrogens with zero attached hydrogens (tertiary/aromatic N) is 2. The summed E-state index contributed by atoms with van der Waals surface area (Å²) in [4.78, 5) is 5.79. The lowest BCUT2D eigenvalue weighted by molar-refractivity contribution is 0.805. The predicted molar refractivity (Wildman–Crippen MR) is 75.9 cm³/mol. The number of nitrogens with two attached hydrogens (primary N) is 1. The van der Waals surface area contributed by atoms with Gasteiger partial charge in [-0.3, -0.25) is 4.40 Å². The van der Waals surface area contributed by atoms with E-state index in [0.29, 0.717) is 6.54 Å². The van der Waals surface area contributed by atoms with Crippen LogP contribution in [-0.2, 0) is 6.42 Å². The Kier molecular flexibility index (Phi) is 3.13. The van der Waals surface area contributed by atoms with E-state index in [9.17, 15) is 0 Å².